The zero-order chi connectivity index (χ0) is 41.2. The number of nitrogens with zero attached hydrogens (tertiary/aromatic N) is 1. The summed E-state index contributed by atoms with van der Waals surface area (Å²) in [6.45, 7) is 15.9. The van der Waals surface area contributed by atoms with E-state index in [9.17, 15) is 18.0 Å². The molecule has 58 heavy (non-hydrogen) atoms. The molecule has 1 aliphatic rings. The van der Waals surface area contributed by atoms with E-state index in [1.165, 1.54) is 0 Å². The maximum Gasteiger partial charge on any atom is 0.454 e. The number of rotatable bonds is 20. The van der Waals surface area contributed by atoms with Crippen molar-refractivity contribution in [3.63, 3.8) is 0 Å². The third kappa shape index (κ3) is 9.28. The number of aromatic nitrogens is 1. The number of ketones is 1. The van der Waals surface area contributed by atoms with Crippen LogP contribution in [0.4, 0.5) is 18.9 Å². The summed E-state index contributed by atoms with van der Waals surface area (Å²) in [6.07, 6.45) is 10.7. The van der Waals surface area contributed by atoms with Crippen molar-refractivity contribution in [1.82, 2.24) is 4.57 Å². The van der Waals surface area contributed by atoms with Crippen LogP contribution in [-0.2, 0) is 11.3 Å². The summed E-state index contributed by atoms with van der Waals surface area (Å²) in [5, 5.41) is 8.21. The fraction of sp³-hybridized carbons (Fsp3) is 0.380. The predicted octanol–water partition coefficient (Wildman–Crippen LogP) is 12.0. The van der Waals surface area contributed by atoms with Crippen molar-refractivity contribution in [2.24, 2.45) is 0 Å². The summed E-state index contributed by atoms with van der Waals surface area (Å²) >= 11 is 0. The number of fused-ring (bicyclic) bond motifs is 1. The minimum Gasteiger partial charge on any atom is -0.493 e. The van der Waals surface area contributed by atoms with Gasteiger partial charge >= 0.3 is 6.18 Å². The zero-order valence-corrected chi connectivity index (χ0v) is 34.6. The summed E-state index contributed by atoms with van der Waals surface area (Å²) < 4.78 is 57.6. The number of carbonyl (C=O) groups excluding carboxylic acids is 1. The van der Waals surface area contributed by atoms with E-state index in [0.717, 1.165) is 125 Å². The molecule has 6 rings (SSSR count). The van der Waals surface area contributed by atoms with E-state index in [-0.39, 0.29) is 5.57 Å². The molecule has 0 bridgehead atoms. The van der Waals surface area contributed by atoms with Crippen LogP contribution in [-0.4, -0.2) is 36.3 Å². The summed E-state index contributed by atoms with van der Waals surface area (Å²) in [5.74, 6) is -0.194. The smallest absolute Gasteiger partial charge is 0.454 e. The van der Waals surface area contributed by atoms with Crippen LogP contribution in [0.15, 0.2) is 102 Å². The predicted molar refractivity (Wildman–Crippen MR) is 234 cm³/mol. The second-order valence-electron chi connectivity index (χ2n) is 15.3. The lowest BCUT2D eigenvalue weighted by molar-refractivity contribution is -0.570. The lowest BCUT2D eigenvalue weighted by Crippen LogP contribution is -2.78. The average Bonchev–Trinajstić information content (AvgIpc) is 3.77. The number of alkyl halides is 3. The Kier molecular flexibility index (Phi) is 14.4. The molecule has 0 atom stereocenters. The molecule has 0 unspecified atom stereocenters. The molecule has 0 radical (unpaired) electrons. The highest BCUT2D eigenvalue weighted by atomic mass is 19.4. The highest BCUT2D eigenvalue weighted by molar-refractivity contribution is 6.12. The number of allylic oxidation sites excluding steroid dienone is 7. The number of hydrogen-bond acceptors (Lipinski definition) is 3. The van der Waals surface area contributed by atoms with Crippen molar-refractivity contribution < 1.29 is 32.8 Å². The van der Waals surface area contributed by atoms with Gasteiger partial charge in [-0.2, -0.15) is 13.2 Å². The maximum absolute atomic E-state index is 14.3. The Bertz CT molecular complexity index is 2410. The first-order valence-electron chi connectivity index (χ1n) is 21.2. The number of unbranched alkanes of at least 4 members (excludes halogenated alkanes) is 4. The van der Waals surface area contributed by atoms with Crippen molar-refractivity contribution in [3.8, 4) is 11.5 Å². The molecule has 306 valence electrons. The molecule has 1 aliphatic carbocycles. The summed E-state index contributed by atoms with van der Waals surface area (Å²) in [7, 11) is 0. The fourth-order valence-corrected chi connectivity index (χ4v) is 7.99. The fourth-order valence-electron chi connectivity index (χ4n) is 7.99. The molecule has 4 aromatic carbocycles. The second-order valence-corrected chi connectivity index (χ2v) is 15.3. The lowest BCUT2D eigenvalue weighted by Gasteiger charge is -2.15. The van der Waals surface area contributed by atoms with E-state index < -0.39 is 12.0 Å². The number of quaternary nitrogens is 1. The van der Waals surface area contributed by atoms with E-state index in [2.05, 4.69) is 68.4 Å². The first-order valence-corrected chi connectivity index (χ1v) is 21.2. The summed E-state index contributed by atoms with van der Waals surface area (Å²) in [6, 6.07) is 20.4. The second kappa shape index (κ2) is 19.6. The van der Waals surface area contributed by atoms with Gasteiger partial charge < -0.3 is 19.4 Å². The summed E-state index contributed by atoms with van der Waals surface area (Å²) in [5.41, 5.74) is 4.12. The first kappa shape index (κ1) is 42.5. The van der Waals surface area contributed by atoms with Crippen LogP contribution in [0.3, 0.4) is 0 Å². The van der Waals surface area contributed by atoms with Gasteiger partial charge in [-0.3, -0.25) is 4.79 Å². The van der Waals surface area contributed by atoms with E-state index in [4.69, 9.17) is 9.47 Å². The number of hydrogen-bond donors (Lipinski definition) is 1. The Morgan fingerprint density at radius 2 is 1.41 bits per heavy atom. The number of aryl methyl sites for hydroxylation is 1. The van der Waals surface area contributed by atoms with Gasteiger partial charge in [0.1, 0.15) is 17.2 Å². The van der Waals surface area contributed by atoms with Crippen LogP contribution in [0, 0.1) is 0 Å². The van der Waals surface area contributed by atoms with Gasteiger partial charge in [0, 0.05) is 50.6 Å². The van der Waals surface area contributed by atoms with Gasteiger partial charge in [-0.05, 0) is 85.1 Å². The van der Waals surface area contributed by atoms with Crippen LogP contribution < -0.4 is 20.1 Å². The number of carbonyl (C=O) groups is 1. The quantitative estimate of drug-likeness (QED) is 0.0485. The van der Waals surface area contributed by atoms with Crippen molar-refractivity contribution in [2.45, 2.75) is 105 Å². The third-order valence-corrected chi connectivity index (χ3v) is 11.1. The van der Waals surface area contributed by atoms with Crippen molar-refractivity contribution in [3.05, 3.63) is 113 Å². The molecule has 0 amide bonds. The minimum absolute atomic E-state index is 0.271. The molecule has 0 saturated carbocycles. The number of nitrogens with two attached hydrogens (primary N) is 1. The largest absolute Gasteiger partial charge is 0.493 e. The van der Waals surface area contributed by atoms with Gasteiger partial charge in [-0.1, -0.05) is 115 Å². The maximum atomic E-state index is 14.3. The monoisotopic (exact) mass is 791 g/mol. The van der Waals surface area contributed by atoms with E-state index in [1.54, 1.807) is 18.2 Å². The van der Waals surface area contributed by atoms with Gasteiger partial charge in [0.15, 0.2) is 0 Å². The molecule has 5 aromatic rings. The summed E-state index contributed by atoms with van der Waals surface area (Å²) in [4.78, 5) is 13.2. The van der Waals surface area contributed by atoms with E-state index >= 15 is 0 Å². The molecule has 0 saturated heterocycles. The van der Waals surface area contributed by atoms with Gasteiger partial charge in [-0.25, -0.2) is 0 Å². The Balaban J connectivity index is 1.42. The minimum atomic E-state index is -5.02. The molecular weight excluding hydrogens is 734 g/mol. The Labute approximate surface area is 341 Å². The van der Waals surface area contributed by atoms with Crippen LogP contribution in [0.5, 0.6) is 11.5 Å². The van der Waals surface area contributed by atoms with Crippen molar-refractivity contribution in [1.29, 1.82) is 0 Å². The van der Waals surface area contributed by atoms with Crippen LogP contribution >= 0.6 is 0 Å². The normalized spacial score (nSPS) is 14.7. The molecule has 8 heteroatoms. The van der Waals surface area contributed by atoms with Crippen LogP contribution in [0.25, 0.3) is 44.1 Å². The molecule has 0 fully saturated rings. The number of Topliss-reactive ketones (excluding diaryl/α,β-unsaturated/α-hetero) is 1. The molecule has 0 aliphatic heterocycles. The van der Waals surface area contributed by atoms with Gasteiger partial charge in [0.2, 0.25) is 0 Å². The van der Waals surface area contributed by atoms with Crippen molar-refractivity contribution >= 4 is 55.6 Å². The molecule has 2 N–H and O–H groups in total. The zero-order valence-electron chi connectivity index (χ0n) is 34.6. The highest BCUT2D eigenvalue weighted by Crippen LogP contribution is 2.40. The molecular formula is C50H58F3N2O3+. The topological polar surface area (TPSA) is 57.1 Å². The Morgan fingerprint density at radius 1 is 0.776 bits per heavy atom. The average molecular weight is 792 g/mol. The number of halogens is 3. The van der Waals surface area contributed by atoms with Gasteiger partial charge in [-0.15, -0.1) is 0 Å². The SMILES string of the molecule is C=C(C=CC1=C(C(=O)C(F)(F)F)C(=CC=c2c3cccc4c(OCCCC)ccc(c43)n2CCCC)CC1)c1cccc2c(OCCCC)ccc([NH2+]CCCC)c12. The molecule has 0 spiro atoms. The van der Waals surface area contributed by atoms with E-state index in [1.807, 2.05) is 42.5 Å². The molecule has 5 nitrogen and oxygen atoms in total. The molecule has 1 heterocycles. The van der Waals surface area contributed by atoms with Gasteiger partial charge in [0.05, 0.1) is 25.1 Å². The van der Waals surface area contributed by atoms with Gasteiger partial charge in [0.25, 0.3) is 5.78 Å². The lowest BCUT2D eigenvalue weighted by atomic mass is 9.95. The Morgan fingerprint density at radius 3 is 2.09 bits per heavy atom. The molecule has 1 aromatic heterocycles. The van der Waals surface area contributed by atoms with E-state index in [0.29, 0.717) is 42.8 Å². The Hall–Kier alpha value is -5.08. The number of benzene rings is 4. The first-order chi connectivity index (χ1) is 28.1. The number of ether oxygens (including phenoxy) is 2. The standard InChI is InChI=1S/C50H57F3N2O3/c1-6-10-30-54-41-25-28-44(57-32-12-8-3)39-18-14-16-37(47(39)41)34(5)20-21-35-22-23-36(46(35)49(56)50(51,52)53)24-26-42-38-17-15-19-40-45(58-33-13-9-4)29-27-43(48(38)40)55(42)31-11-7-2/h14-21,24-29,54H,5-13,22-23,30-33H2,1-4H3/p+1. The van der Waals surface area contributed by atoms with Crippen LogP contribution in [0.1, 0.15) is 97.5 Å². The van der Waals surface area contributed by atoms with Crippen molar-refractivity contribution in [2.75, 3.05) is 19.8 Å². The highest BCUT2D eigenvalue weighted by Gasteiger charge is 2.43. The third-order valence-electron chi connectivity index (χ3n) is 11.1. The van der Waals surface area contributed by atoms with Crippen LogP contribution in [0.2, 0.25) is 0 Å².